The number of aliphatic hydroxyl groups is 1. The minimum Gasteiger partial charge on any atom is -0.493 e. The smallest absolute Gasteiger partial charge is 0.191 e. The van der Waals surface area contributed by atoms with Gasteiger partial charge in [-0.1, -0.05) is 18.2 Å². The van der Waals surface area contributed by atoms with Gasteiger partial charge in [-0.3, -0.25) is 0 Å². The first-order valence-electron chi connectivity index (χ1n) is 9.91. The predicted molar refractivity (Wildman–Crippen MR) is 130 cm³/mol. The van der Waals surface area contributed by atoms with Crippen molar-refractivity contribution in [1.29, 1.82) is 0 Å². The van der Waals surface area contributed by atoms with Crippen LogP contribution in [0.1, 0.15) is 19.4 Å². The van der Waals surface area contributed by atoms with E-state index in [0.29, 0.717) is 37.1 Å². The summed E-state index contributed by atoms with van der Waals surface area (Å²) in [5, 5.41) is 15.3. The molecule has 7 nitrogen and oxygen atoms in total. The molecule has 0 heterocycles. The second-order valence-corrected chi connectivity index (χ2v) is 6.49. The monoisotopic (exact) mass is 547 g/mol. The largest absolute Gasteiger partial charge is 0.493 e. The molecule has 2 aromatic rings. The lowest BCUT2D eigenvalue weighted by molar-refractivity contribution is 0.196. The average Bonchev–Trinajstić information content (AvgIpc) is 2.76. The number of halogens is 2. The Kier molecular flexibility index (Phi) is 12.7. The summed E-state index contributed by atoms with van der Waals surface area (Å²) in [6.07, 6.45) is -0.256. The second kappa shape index (κ2) is 14.7. The Balaban J connectivity index is 0.00000480. The number of guanidine groups is 1. The Bertz CT molecular complexity index is 823. The van der Waals surface area contributed by atoms with E-state index >= 15 is 0 Å². The van der Waals surface area contributed by atoms with Crippen LogP contribution in [0.15, 0.2) is 47.5 Å². The summed E-state index contributed by atoms with van der Waals surface area (Å²) in [5.41, 5.74) is 0.941. The number of para-hydroxylation sites is 1. The van der Waals surface area contributed by atoms with Crippen LogP contribution in [0.3, 0.4) is 0 Å². The lowest BCUT2D eigenvalue weighted by atomic mass is 10.2. The molecule has 1 atom stereocenters. The number of aliphatic imine (C=N–C) groups is 1. The van der Waals surface area contributed by atoms with Gasteiger partial charge in [-0.15, -0.1) is 24.0 Å². The zero-order chi connectivity index (χ0) is 21.8. The van der Waals surface area contributed by atoms with Crippen molar-refractivity contribution in [2.75, 3.05) is 33.4 Å². The molecule has 2 aromatic carbocycles. The first kappa shape index (κ1) is 26.8. The van der Waals surface area contributed by atoms with Gasteiger partial charge in [0.25, 0.3) is 0 Å². The minimum absolute atomic E-state index is 0. The molecule has 172 valence electrons. The van der Waals surface area contributed by atoms with Crippen molar-refractivity contribution in [3.63, 3.8) is 0 Å². The summed E-state index contributed by atoms with van der Waals surface area (Å²) in [6.45, 7) is 5.56. The standard InChI is InChI=1S/C22H30FN3O4.HI/c1-4-24-22(25-14-16(2)30-19-8-6-5-7-18(19)23)26-15-17-9-10-20(29-12-11-27)21(13-17)28-3;/h5-10,13,16,27H,4,11-12,14-15H2,1-3H3,(H2,24,25,26);1H. The molecule has 9 heteroatoms. The lowest BCUT2D eigenvalue weighted by Crippen LogP contribution is -2.41. The topological polar surface area (TPSA) is 84.3 Å². The van der Waals surface area contributed by atoms with Gasteiger partial charge in [-0.2, -0.15) is 0 Å². The normalized spacial score (nSPS) is 11.8. The van der Waals surface area contributed by atoms with E-state index in [1.807, 2.05) is 26.0 Å². The Morgan fingerprint density at radius 3 is 2.58 bits per heavy atom. The molecular formula is C22H31FIN3O4. The number of methoxy groups -OCH3 is 1. The molecule has 3 N–H and O–H groups in total. The van der Waals surface area contributed by atoms with Gasteiger partial charge in [-0.25, -0.2) is 9.38 Å². The van der Waals surface area contributed by atoms with Gasteiger partial charge in [0.15, 0.2) is 29.0 Å². The van der Waals surface area contributed by atoms with Gasteiger partial charge >= 0.3 is 0 Å². The van der Waals surface area contributed by atoms with Crippen molar-refractivity contribution in [1.82, 2.24) is 10.6 Å². The van der Waals surface area contributed by atoms with Crippen molar-refractivity contribution < 1.29 is 23.7 Å². The van der Waals surface area contributed by atoms with Gasteiger partial charge in [0, 0.05) is 6.54 Å². The number of hydrogen-bond donors (Lipinski definition) is 3. The average molecular weight is 547 g/mol. The van der Waals surface area contributed by atoms with E-state index in [1.54, 1.807) is 31.4 Å². The fourth-order valence-corrected chi connectivity index (χ4v) is 2.64. The van der Waals surface area contributed by atoms with E-state index in [9.17, 15) is 4.39 Å². The number of benzene rings is 2. The van der Waals surface area contributed by atoms with Crippen LogP contribution in [0.25, 0.3) is 0 Å². The third kappa shape index (κ3) is 9.18. The lowest BCUT2D eigenvalue weighted by Gasteiger charge is -2.18. The molecule has 1 unspecified atom stereocenters. The van der Waals surface area contributed by atoms with Crippen molar-refractivity contribution in [3.05, 3.63) is 53.8 Å². The fraction of sp³-hybridized carbons (Fsp3) is 0.409. The summed E-state index contributed by atoms with van der Waals surface area (Å²) in [7, 11) is 1.57. The van der Waals surface area contributed by atoms with Crippen molar-refractivity contribution >= 4 is 29.9 Å². The summed E-state index contributed by atoms with van der Waals surface area (Å²) in [4.78, 5) is 4.58. The molecule has 0 aromatic heterocycles. The maximum absolute atomic E-state index is 13.7. The zero-order valence-electron chi connectivity index (χ0n) is 18.1. The maximum Gasteiger partial charge on any atom is 0.191 e. The van der Waals surface area contributed by atoms with Crippen molar-refractivity contribution in [2.24, 2.45) is 4.99 Å². The van der Waals surface area contributed by atoms with Gasteiger partial charge < -0.3 is 30.0 Å². The third-order valence-corrected chi connectivity index (χ3v) is 4.06. The zero-order valence-corrected chi connectivity index (χ0v) is 20.4. The summed E-state index contributed by atoms with van der Waals surface area (Å²) in [6, 6.07) is 11.9. The number of aliphatic hydroxyl groups excluding tert-OH is 1. The van der Waals surface area contributed by atoms with Crippen LogP contribution in [-0.2, 0) is 6.54 Å². The van der Waals surface area contributed by atoms with Crippen LogP contribution in [0.4, 0.5) is 4.39 Å². The van der Waals surface area contributed by atoms with Crippen LogP contribution in [-0.4, -0.2) is 50.6 Å². The Morgan fingerprint density at radius 1 is 1.13 bits per heavy atom. The van der Waals surface area contributed by atoms with Crippen LogP contribution in [0.2, 0.25) is 0 Å². The number of ether oxygens (including phenoxy) is 3. The molecule has 2 rings (SSSR count). The molecule has 31 heavy (non-hydrogen) atoms. The van der Waals surface area contributed by atoms with Crippen LogP contribution >= 0.6 is 24.0 Å². The SMILES string of the molecule is CCNC(=NCc1ccc(OCCO)c(OC)c1)NCC(C)Oc1ccccc1F.I. The molecular weight excluding hydrogens is 516 g/mol. The van der Waals surface area contributed by atoms with Crippen LogP contribution < -0.4 is 24.8 Å². The van der Waals surface area contributed by atoms with Crippen LogP contribution in [0.5, 0.6) is 17.2 Å². The Hall–Kier alpha value is -2.27. The minimum atomic E-state index is -0.384. The fourth-order valence-electron chi connectivity index (χ4n) is 2.64. The highest BCUT2D eigenvalue weighted by Gasteiger charge is 2.09. The van der Waals surface area contributed by atoms with Crippen molar-refractivity contribution in [2.45, 2.75) is 26.5 Å². The summed E-state index contributed by atoms with van der Waals surface area (Å²) < 4.78 is 30.2. The third-order valence-electron chi connectivity index (χ3n) is 4.06. The highest BCUT2D eigenvalue weighted by atomic mass is 127. The molecule has 0 aliphatic heterocycles. The predicted octanol–water partition coefficient (Wildman–Crippen LogP) is 3.35. The number of nitrogens with zero attached hydrogens (tertiary/aromatic N) is 1. The number of nitrogens with one attached hydrogen (secondary N) is 2. The molecule has 0 fully saturated rings. The van der Waals surface area contributed by atoms with Crippen LogP contribution in [0, 0.1) is 5.82 Å². The van der Waals surface area contributed by atoms with Gasteiger partial charge in [-0.05, 0) is 43.7 Å². The summed E-state index contributed by atoms with van der Waals surface area (Å²) in [5.74, 6) is 1.63. The molecule has 0 bridgehead atoms. The molecule has 0 saturated carbocycles. The molecule has 0 amide bonds. The highest BCUT2D eigenvalue weighted by Crippen LogP contribution is 2.28. The summed E-state index contributed by atoms with van der Waals surface area (Å²) >= 11 is 0. The van der Waals surface area contributed by atoms with Gasteiger partial charge in [0.1, 0.15) is 12.7 Å². The van der Waals surface area contributed by atoms with E-state index in [1.165, 1.54) is 6.07 Å². The Morgan fingerprint density at radius 2 is 1.90 bits per heavy atom. The maximum atomic E-state index is 13.7. The van der Waals surface area contributed by atoms with E-state index in [2.05, 4.69) is 15.6 Å². The van der Waals surface area contributed by atoms with Crippen molar-refractivity contribution in [3.8, 4) is 17.2 Å². The highest BCUT2D eigenvalue weighted by molar-refractivity contribution is 14.0. The molecule has 0 aliphatic carbocycles. The number of hydrogen-bond acceptors (Lipinski definition) is 5. The molecule has 0 aliphatic rings. The van der Waals surface area contributed by atoms with Gasteiger partial charge in [0.2, 0.25) is 0 Å². The molecule has 0 spiro atoms. The Labute approximate surface area is 200 Å². The van der Waals surface area contributed by atoms with E-state index in [-0.39, 0.29) is 54.9 Å². The van der Waals surface area contributed by atoms with E-state index in [0.717, 1.165) is 5.56 Å². The first-order chi connectivity index (χ1) is 14.6. The first-order valence-corrected chi connectivity index (χ1v) is 9.91. The quantitative estimate of drug-likeness (QED) is 0.228. The van der Waals surface area contributed by atoms with E-state index in [4.69, 9.17) is 19.3 Å². The molecule has 0 radical (unpaired) electrons. The second-order valence-electron chi connectivity index (χ2n) is 6.49. The number of rotatable bonds is 11. The van der Waals surface area contributed by atoms with Gasteiger partial charge in [0.05, 0.1) is 26.8 Å². The van der Waals surface area contributed by atoms with E-state index < -0.39 is 0 Å². The molecule has 0 saturated heterocycles.